The lowest BCUT2D eigenvalue weighted by atomic mass is 10.3. The second-order valence-corrected chi connectivity index (χ2v) is 7.63. The van der Waals surface area contributed by atoms with Crippen LogP contribution in [0, 0.1) is 0 Å². The van der Waals surface area contributed by atoms with Crippen LogP contribution in [-0.4, -0.2) is 19.7 Å². The van der Waals surface area contributed by atoms with Crippen LogP contribution in [0.2, 0.25) is 5.02 Å². The summed E-state index contributed by atoms with van der Waals surface area (Å²) in [6, 6.07) is 15.8. The first-order valence-electron chi connectivity index (χ1n) is 8.15. The van der Waals surface area contributed by atoms with Gasteiger partial charge in [-0.05, 0) is 42.5 Å². The first-order valence-corrected chi connectivity index (χ1v) is 9.34. The monoisotopic (exact) mass is 379 g/mol. The third-order valence-corrected chi connectivity index (χ3v) is 5.50. The number of benzene rings is 1. The molecule has 7 heteroatoms. The lowest BCUT2D eigenvalue weighted by Gasteiger charge is -2.16. The Kier molecular flexibility index (Phi) is 3.65. The lowest BCUT2D eigenvalue weighted by molar-refractivity contribution is 0.681. The van der Waals surface area contributed by atoms with Crippen LogP contribution in [0.5, 0.6) is 0 Å². The van der Waals surface area contributed by atoms with Gasteiger partial charge in [-0.15, -0.1) is 11.3 Å². The minimum Gasteiger partial charge on any atom is -0.340 e. The predicted molar refractivity (Wildman–Crippen MR) is 108 cm³/mol. The van der Waals surface area contributed by atoms with Crippen LogP contribution in [-0.2, 0) is 6.54 Å². The molecule has 0 unspecified atom stereocenters. The van der Waals surface area contributed by atoms with Gasteiger partial charge in [0.1, 0.15) is 5.82 Å². The molecule has 1 aromatic carbocycles. The fraction of sp³-hybridized carbons (Fsp3) is 0.0526. The summed E-state index contributed by atoms with van der Waals surface area (Å²) < 4.78 is 3.30. The molecular formula is C19H14ClN5S. The number of H-pyrrole nitrogens is 1. The van der Waals surface area contributed by atoms with Crippen molar-refractivity contribution in [3.05, 3.63) is 70.8 Å². The minimum atomic E-state index is 0.696. The third kappa shape index (κ3) is 2.83. The van der Waals surface area contributed by atoms with Crippen molar-refractivity contribution in [2.45, 2.75) is 6.54 Å². The Morgan fingerprint density at radius 2 is 2.12 bits per heavy atom. The highest BCUT2D eigenvalue weighted by molar-refractivity contribution is 7.19. The van der Waals surface area contributed by atoms with Crippen LogP contribution in [0.25, 0.3) is 21.3 Å². The average Bonchev–Trinajstić information content (AvgIpc) is 3.04. The Labute approximate surface area is 158 Å². The number of hydrogen-bond donors (Lipinski definition) is 2. The predicted octanol–water partition coefficient (Wildman–Crippen LogP) is 5.42. The highest BCUT2D eigenvalue weighted by Crippen LogP contribution is 2.27. The summed E-state index contributed by atoms with van der Waals surface area (Å²) in [5, 5.41) is 8.50. The van der Waals surface area contributed by atoms with Crippen LogP contribution in [0.15, 0.2) is 60.9 Å². The summed E-state index contributed by atoms with van der Waals surface area (Å²) >= 11 is 7.82. The molecule has 5 nitrogen and oxygen atoms in total. The zero-order valence-corrected chi connectivity index (χ0v) is 15.2. The zero-order chi connectivity index (χ0) is 17.5. The van der Waals surface area contributed by atoms with Crippen molar-refractivity contribution in [2.75, 3.05) is 5.32 Å². The third-order valence-electron chi connectivity index (χ3n) is 4.16. The number of aromatic nitrogens is 4. The Balaban J connectivity index is 1.42. The largest absolute Gasteiger partial charge is 0.340 e. The van der Waals surface area contributed by atoms with E-state index in [4.69, 9.17) is 16.6 Å². The van der Waals surface area contributed by atoms with Crippen LogP contribution < -0.4 is 5.32 Å². The summed E-state index contributed by atoms with van der Waals surface area (Å²) in [7, 11) is 0. The summed E-state index contributed by atoms with van der Waals surface area (Å²) in [6.45, 7) is 0.764. The summed E-state index contributed by atoms with van der Waals surface area (Å²) in [5.74, 6) is 0.790. The van der Waals surface area contributed by atoms with Gasteiger partial charge in [-0.2, -0.15) is 0 Å². The quantitative estimate of drug-likeness (QED) is 0.438. The van der Waals surface area contributed by atoms with E-state index < -0.39 is 0 Å². The Bertz CT molecular complexity index is 1190. The number of pyridine rings is 2. The number of thiophene rings is 1. The van der Waals surface area contributed by atoms with Crippen molar-refractivity contribution >= 4 is 55.7 Å². The second kappa shape index (κ2) is 6.16. The van der Waals surface area contributed by atoms with E-state index in [1.54, 1.807) is 11.3 Å². The smallest absolute Gasteiger partial charge is 0.175 e. The highest BCUT2D eigenvalue weighted by atomic mass is 35.5. The number of rotatable bonds is 4. The molecule has 5 aromatic rings. The number of fused-ring (bicyclic) bond motifs is 2. The van der Waals surface area contributed by atoms with E-state index in [-0.39, 0.29) is 0 Å². The van der Waals surface area contributed by atoms with Gasteiger partial charge in [0.15, 0.2) is 5.65 Å². The molecule has 128 valence electrons. The van der Waals surface area contributed by atoms with Gasteiger partial charge in [0, 0.05) is 38.1 Å². The zero-order valence-electron chi connectivity index (χ0n) is 13.6. The van der Waals surface area contributed by atoms with Crippen molar-refractivity contribution in [2.24, 2.45) is 0 Å². The Hall–Kier alpha value is -2.83. The molecule has 26 heavy (non-hydrogen) atoms. The molecule has 4 heterocycles. The van der Waals surface area contributed by atoms with Gasteiger partial charge in [0.25, 0.3) is 0 Å². The van der Waals surface area contributed by atoms with Gasteiger partial charge in [-0.25, -0.2) is 4.98 Å². The maximum Gasteiger partial charge on any atom is 0.175 e. The molecule has 5 rings (SSSR count). The molecule has 0 saturated heterocycles. The number of anilines is 2. The molecule has 0 aliphatic heterocycles. The van der Waals surface area contributed by atoms with E-state index in [0.717, 1.165) is 29.2 Å². The fourth-order valence-electron chi connectivity index (χ4n) is 2.96. The molecule has 0 radical (unpaired) electrons. The van der Waals surface area contributed by atoms with E-state index in [1.807, 2.05) is 54.9 Å². The molecule has 2 N–H and O–H groups in total. The van der Waals surface area contributed by atoms with Gasteiger partial charge in [0.05, 0.1) is 12.1 Å². The molecule has 0 saturated carbocycles. The normalized spacial score (nSPS) is 11.4. The molecule has 0 amide bonds. The molecule has 0 atom stereocenters. The van der Waals surface area contributed by atoms with E-state index >= 15 is 0 Å². The molecule has 0 aliphatic rings. The van der Waals surface area contributed by atoms with E-state index in [0.29, 0.717) is 5.02 Å². The lowest BCUT2D eigenvalue weighted by Crippen LogP contribution is -2.13. The van der Waals surface area contributed by atoms with E-state index in [1.165, 1.54) is 15.0 Å². The highest BCUT2D eigenvalue weighted by Gasteiger charge is 2.11. The molecular weight excluding hydrogens is 366 g/mol. The first-order chi connectivity index (χ1) is 12.7. The van der Waals surface area contributed by atoms with Crippen molar-refractivity contribution in [3.8, 4) is 0 Å². The van der Waals surface area contributed by atoms with Crippen molar-refractivity contribution in [1.82, 2.24) is 19.7 Å². The Morgan fingerprint density at radius 3 is 3.00 bits per heavy atom. The van der Waals surface area contributed by atoms with Crippen LogP contribution in [0.3, 0.4) is 0 Å². The van der Waals surface area contributed by atoms with E-state index in [9.17, 15) is 0 Å². The molecule has 0 aliphatic carbocycles. The summed E-state index contributed by atoms with van der Waals surface area (Å²) in [5.41, 5.74) is 2.89. The number of nitrogens with zero attached hydrogens (tertiary/aromatic N) is 3. The van der Waals surface area contributed by atoms with Gasteiger partial charge in [-0.3, -0.25) is 14.8 Å². The van der Waals surface area contributed by atoms with Crippen LogP contribution in [0.1, 0.15) is 4.88 Å². The second-order valence-electron chi connectivity index (χ2n) is 6.03. The number of nitrogens with one attached hydrogen (secondary N) is 2. The van der Waals surface area contributed by atoms with Gasteiger partial charge < -0.3 is 5.32 Å². The minimum absolute atomic E-state index is 0.696. The summed E-state index contributed by atoms with van der Waals surface area (Å²) in [6.07, 6.45) is 3.73. The SMILES string of the molecule is Clc1cccc(Nc2ccc3[nH]n(Cc4cc5cnccc5s4)c3n2)c1. The van der Waals surface area contributed by atoms with Gasteiger partial charge >= 0.3 is 0 Å². The van der Waals surface area contributed by atoms with Crippen molar-refractivity contribution in [3.63, 3.8) is 0 Å². The number of halogens is 1. The van der Waals surface area contributed by atoms with Crippen LogP contribution >= 0.6 is 22.9 Å². The van der Waals surface area contributed by atoms with Gasteiger partial charge in [0.2, 0.25) is 0 Å². The maximum absolute atomic E-state index is 6.04. The van der Waals surface area contributed by atoms with Gasteiger partial charge in [-0.1, -0.05) is 17.7 Å². The van der Waals surface area contributed by atoms with Crippen molar-refractivity contribution in [1.29, 1.82) is 0 Å². The standard InChI is InChI=1S/C19H14ClN5S/c20-13-2-1-3-14(9-13)22-18-5-4-16-19(23-18)25(24-16)11-15-8-12-10-21-7-6-17(12)26-15/h1-10,24H,11H2,(H,22,23). The van der Waals surface area contributed by atoms with Crippen molar-refractivity contribution < 1.29 is 0 Å². The molecule has 4 aromatic heterocycles. The Morgan fingerprint density at radius 1 is 1.15 bits per heavy atom. The first kappa shape index (κ1) is 15.4. The number of hydrogen-bond acceptors (Lipinski definition) is 4. The topological polar surface area (TPSA) is 58.5 Å². The molecule has 0 bridgehead atoms. The van der Waals surface area contributed by atoms with E-state index in [2.05, 4.69) is 26.1 Å². The molecule has 0 fully saturated rings. The average molecular weight is 380 g/mol. The number of aromatic amines is 1. The summed E-state index contributed by atoms with van der Waals surface area (Å²) in [4.78, 5) is 10.2. The maximum atomic E-state index is 6.04. The van der Waals surface area contributed by atoms with Crippen LogP contribution in [0.4, 0.5) is 11.5 Å². The molecule has 0 spiro atoms. The fourth-order valence-corrected chi connectivity index (χ4v) is 4.17.